The van der Waals surface area contributed by atoms with Crippen LogP contribution in [0.2, 0.25) is 0 Å². The zero-order chi connectivity index (χ0) is 27.9. The number of allylic oxidation sites excluding steroid dienone is 2. The van der Waals surface area contributed by atoms with Crippen molar-refractivity contribution in [3.8, 4) is 0 Å². The molecule has 0 heterocycles. The molecular weight excluding hydrogens is 472 g/mol. The normalized spacial score (nSPS) is 49.5. The minimum Gasteiger partial charge on any atom is -0.468 e. The number of rotatable bonds is 4. The van der Waals surface area contributed by atoms with E-state index in [1.165, 1.54) is 26.4 Å². The lowest BCUT2D eigenvalue weighted by molar-refractivity contribution is -0.202. The minimum absolute atomic E-state index is 0.0412. The highest BCUT2D eigenvalue weighted by molar-refractivity contribution is 6.04. The van der Waals surface area contributed by atoms with E-state index in [4.69, 9.17) is 9.47 Å². The van der Waals surface area contributed by atoms with Gasteiger partial charge in [0.2, 0.25) is 0 Å². The molecule has 0 saturated heterocycles. The monoisotopic (exact) mass is 524 g/mol. The quantitative estimate of drug-likeness (QED) is 0.215. The summed E-state index contributed by atoms with van der Waals surface area (Å²) in [6, 6.07) is 0. The van der Waals surface area contributed by atoms with E-state index in [0.29, 0.717) is 24.9 Å². The maximum Gasteiger partial charge on any atom is 0.319 e. The molecule has 0 bridgehead atoms. The zero-order valence-corrected chi connectivity index (χ0v) is 25.4. The van der Waals surface area contributed by atoms with Gasteiger partial charge in [-0.1, -0.05) is 59.3 Å². The van der Waals surface area contributed by atoms with Crippen molar-refractivity contribution in [3.63, 3.8) is 0 Å². The van der Waals surface area contributed by atoms with Crippen LogP contribution < -0.4 is 0 Å². The van der Waals surface area contributed by atoms with Crippen molar-refractivity contribution in [1.82, 2.24) is 0 Å². The number of carbonyl (C=O) groups is 2. The molecule has 4 nitrogen and oxygen atoms in total. The van der Waals surface area contributed by atoms with Gasteiger partial charge in [0.25, 0.3) is 0 Å². The summed E-state index contributed by atoms with van der Waals surface area (Å²) >= 11 is 0. The lowest BCUT2D eigenvalue weighted by Gasteiger charge is -2.71. The molecule has 0 aliphatic heterocycles. The second kappa shape index (κ2) is 8.79. The van der Waals surface area contributed by atoms with Crippen molar-refractivity contribution in [2.45, 2.75) is 112 Å². The van der Waals surface area contributed by atoms with Crippen molar-refractivity contribution in [2.75, 3.05) is 13.7 Å². The summed E-state index contributed by atoms with van der Waals surface area (Å²) in [4.78, 5) is 26.4. The van der Waals surface area contributed by atoms with Gasteiger partial charge in [-0.15, -0.1) is 6.58 Å². The fourth-order valence-corrected chi connectivity index (χ4v) is 11.0. The van der Waals surface area contributed by atoms with Crippen molar-refractivity contribution in [1.29, 1.82) is 0 Å². The SMILES string of the molecule is C=CCO[C@@H]1CC(C)(C)C[C@@H]2C3=CC[C@@H]4[C@@]5(C)CCC(=O)C(C)(C(=O)OC)C5CC[C@@]4(C)[C@]3(C)CC[C@]21C. The smallest absolute Gasteiger partial charge is 0.319 e. The summed E-state index contributed by atoms with van der Waals surface area (Å²) in [5, 5.41) is 0. The van der Waals surface area contributed by atoms with E-state index in [0.717, 1.165) is 32.1 Å². The van der Waals surface area contributed by atoms with Crippen LogP contribution >= 0.6 is 0 Å². The van der Waals surface area contributed by atoms with E-state index in [2.05, 4.69) is 54.2 Å². The fourth-order valence-electron chi connectivity index (χ4n) is 11.0. The van der Waals surface area contributed by atoms with Crippen LogP contribution in [-0.4, -0.2) is 31.6 Å². The number of hydrogen-bond acceptors (Lipinski definition) is 4. The number of fused-ring (bicyclic) bond motifs is 7. The van der Waals surface area contributed by atoms with E-state index in [1.54, 1.807) is 5.57 Å². The molecule has 0 amide bonds. The van der Waals surface area contributed by atoms with Crippen LogP contribution in [0.1, 0.15) is 106 Å². The molecule has 5 rings (SSSR count). The Balaban J connectivity index is 1.57. The first-order valence-electron chi connectivity index (χ1n) is 15.2. The number of esters is 1. The summed E-state index contributed by atoms with van der Waals surface area (Å²) < 4.78 is 11.8. The Morgan fingerprint density at radius 1 is 1.00 bits per heavy atom. The summed E-state index contributed by atoms with van der Waals surface area (Å²) in [5.41, 5.74) is 1.25. The van der Waals surface area contributed by atoms with Gasteiger partial charge in [0.1, 0.15) is 11.2 Å². The third-order valence-electron chi connectivity index (χ3n) is 13.5. The van der Waals surface area contributed by atoms with Crippen molar-refractivity contribution in [3.05, 3.63) is 24.3 Å². The Morgan fingerprint density at radius 2 is 1.71 bits per heavy atom. The number of Topliss-reactive ketones (excluding diaryl/α,β-unsaturated/α-hetero) is 1. The van der Waals surface area contributed by atoms with E-state index in [1.807, 2.05) is 13.0 Å². The Hall–Kier alpha value is -1.42. The van der Waals surface area contributed by atoms with Gasteiger partial charge in [0.15, 0.2) is 0 Å². The van der Waals surface area contributed by atoms with Gasteiger partial charge in [0, 0.05) is 11.8 Å². The van der Waals surface area contributed by atoms with Gasteiger partial charge in [-0.3, -0.25) is 9.59 Å². The topological polar surface area (TPSA) is 52.6 Å². The van der Waals surface area contributed by atoms with Crippen molar-refractivity contribution < 1.29 is 19.1 Å². The largest absolute Gasteiger partial charge is 0.468 e. The van der Waals surface area contributed by atoms with E-state index in [9.17, 15) is 9.59 Å². The highest BCUT2D eigenvalue weighted by Gasteiger charge is 2.70. The predicted molar refractivity (Wildman–Crippen MR) is 151 cm³/mol. The Labute approximate surface area is 231 Å². The van der Waals surface area contributed by atoms with Gasteiger partial charge < -0.3 is 9.47 Å². The number of ether oxygens (including phenoxy) is 2. The van der Waals surface area contributed by atoms with Gasteiger partial charge >= 0.3 is 5.97 Å². The van der Waals surface area contributed by atoms with Crippen LogP contribution in [-0.2, 0) is 19.1 Å². The molecule has 0 radical (unpaired) electrons. The molecule has 9 atom stereocenters. The van der Waals surface area contributed by atoms with Gasteiger partial charge in [-0.25, -0.2) is 0 Å². The predicted octanol–water partition coefficient (Wildman–Crippen LogP) is 7.71. The first-order valence-corrected chi connectivity index (χ1v) is 15.2. The average Bonchev–Trinajstić information content (AvgIpc) is 2.86. The molecule has 4 fully saturated rings. The molecule has 0 aromatic rings. The molecule has 2 unspecified atom stereocenters. The molecule has 0 N–H and O–H groups in total. The van der Waals surface area contributed by atoms with E-state index >= 15 is 0 Å². The van der Waals surface area contributed by atoms with Crippen LogP contribution in [0.5, 0.6) is 0 Å². The first-order chi connectivity index (χ1) is 17.6. The molecule has 0 aromatic heterocycles. The summed E-state index contributed by atoms with van der Waals surface area (Å²) in [7, 11) is 1.44. The molecule has 0 spiro atoms. The zero-order valence-electron chi connectivity index (χ0n) is 25.4. The highest BCUT2D eigenvalue weighted by Crippen LogP contribution is 2.75. The highest BCUT2D eigenvalue weighted by atomic mass is 16.5. The third kappa shape index (κ3) is 3.50. The molecule has 4 heteroatoms. The van der Waals surface area contributed by atoms with Crippen LogP contribution in [0.25, 0.3) is 0 Å². The number of ketones is 1. The van der Waals surface area contributed by atoms with Crippen LogP contribution in [0, 0.1) is 50.2 Å². The van der Waals surface area contributed by atoms with E-state index < -0.39 is 5.41 Å². The lowest BCUT2D eigenvalue weighted by Crippen LogP contribution is -2.66. The third-order valence-corrected chi connectivity index (χ3v) is 13.5. The fraction of sp³-hybridized carbons (Fsp3) is 0.824. The maximum absolute atomic E-state index is 13.3. The molecule has 4 saturated carbocycles. The number of carbonyl (C=O) groups excluding carboxylic acids is 2. The Kier molecular flexibility index (Phi) is 6.50. The van der Waals surface area contributed by atoms with Gasteiger partial charge in [-0.05, 0) is 97.7 Å². The van der Waals surface area contributed by atoms with E-state index in [-0.39, 0.29) is 50.8 Å². The second-order valence-electron chi connectivity index (χ2n) is 15.7. The number of methoxy groups -OCH3 is 1. The molecular formula is C34H52O4. The average molecular weight is 525 g/mol. The molecule has 38 heavy (non-hydrogen) atoms. The molecule has 5 aliphatic rings. The molecule has 212 valence electrons. The second-order valence-corrected chi connectivity index (χ2v) is 15.7. The molecule has 0 aromatic carbocycles. The summed E-state index contributed by atoms with van der Waals surface area (Å²) in [6.07, 6.45) is 13.9. The van der Waals surface area contributed by atoms with Crippen molar-refractivity contribution >= 4 is 11.8 Å². The van der Waals surface area contributed by atoms with Gasteiger partial charge in [0.05, 0.1) is 19.8 Å². The molecule has 5 aliphatic carbocycles. The van der Waals surface area contributed by atoms with Gasteiger partial charge in [-0.2, -0.15) is 0 Å². The minimum atomic E-state index is -1.03. The first kappa shape index (κ1) is 28.1. The number of hydrogen-bond donors (Lipinski definition) is 0. The summed E-state index contributed by atoms with van der Waals surface area (Å²) in [5.74, 6) is 0.769. The van der Waals surface area contributed by atoms with Crippen LogP contribution in [0.15, 0.2) is 24.3 Å². The Bertz CT molecular complexity index is 1050. The summed E-state index contributed by atoms with van der Waals surface area (Å²) in [6.45, 7) is 21.3. The maximum atomic E-state index is 13.3. The standard InChI is InChI=1S/C34H52O4/c1-10-19-38-27-21-29(2,3)20-23-22-11-12-24-31(5)15-14-26(35)34(8,28(36)37-9)25(31)13-16-33(24,7)32(22,6)18-17-30(23,27)4/h10-11,23-25,27H,1,12-21H2,2-9H3/t23-,24-,25?,27-,30-,31-,32-,33-,34?/m1/s1. The van der Waals surface area contributed by atoms with Crippen LogP contribution in [0.3, 0.4) is 0 Å². The van der Waals surface area contributed by atoms with Crippen molar-refractivity contribution in [2.24, 2.45) is 50.2 Å². The Morgan fingerprint density at radius 3 is 2.37 bits per heavy atom. The van der Waals surface area contributed by atoms with Crippen LogP contribution in [0.4, 0.5) is 0 Å². The lowest BCUT2D eigenvalue weighted by atomic mass is 9.33.